The number of aliphatic imine (C=N–C) groups is 1. The summed E-state index contributed by atoms with van der Waals surface area (Å²) < 4.78 is 13.7. The number of nitrogens with one attached hydrogen (secondary N) is 2. The van der Waals surface area contributed by atoms with Gasteiger partial charge in [0.05, 0.1) is 6.54 Å². The second kappa shape index (κ2) is 4.59. The lowest BCUT2D eigenvalue weighted by atomic mass is 10.1. The molecule has 0 bridgehead atoms. The summed E-state index contributed by atoms with van der Waals surface area (Å²) in [4.78, 5) is 4.30. The average Bonchev–Trinajstić information content (AvgIpc) is 3.12. The molecule has 3 rings (SSSR count). The molecule has 0 aromatic heterocycles. The van der Waals surface area contributed by atoms with Gasteiger partial charge < -0.3 is 10.6 Å². The third kappa shape index (κ3) is 2.47. The van der Waals surface area contributed by atoms with Crippen molar-refractivity contribution in [3.63, 3.8) is 0 Å². The van der Waals surface area contributed by atoms with Gasteiger partial charge in [0, 0.05) is 18.2 Å². The van der Waals surface area contributed by atoms with E-state index in [-0.39, 0.29) is 5.82 Å². The molecule has 96 valence electrons. The Hall–Kier alpha value is -1.58. The molecule has 0 spiro atoms. The lowest BCUT2D eigenvalue weighted by molar-refractivity contribution is 0.603. The minimum Gasteiger partial charge on any atom is -0.352 e. The van der Waals surface area contributed by atoms with E-state index in [4.69, 9.17) is 0 Å². The zero-order chi connectivity index (χ0) is 12.5. The SMILES string of the molecule is CC1CN=C(NCc2cc(C3CC3)ccc2F)N1. The minimum atomic E-state index is -0.140. The fraction of sp³-hybridized carbons (Fsp3) is 0.500. The molecule has 1 aliphatic heterocycles. The van der Waals surface area contributed by atoms with Gasteiger partial charge in [-0.05, 0) is 37.3 Å². The van der Waals surface area contributed by atoms with Gasteiger partial charge in [-0.25, -0.2) is 4.39 Å². The molecule has 0 amide bonds. The van der Waals surface area contributed by atoms with Crippen molar-refractivity contribution in [3.05, 3.63) is 35.1 Å². The summed E-state index contributed by atoms with van der Waals surface area (Å²) in [6.45, 7) is 3.35. The van der Waals surface area contributed by atoms with Crippen molar-refractivity contribution in [1.29, 1.82) is 0 Å². The molecule has 0 radical (unpaired) electrons. The summed E-state index contributed by atoms with van der Waals surface area (Å²) in [6, 6.07) is 5.84. The summed E-state index contributed by atoms with van der Waals surface area (Å²) in [5, 5.41) is 6.36. The molecular weight excluding hydrogens is 229 g/mol. The van der Waals surface area contributed by atoms with Gasteiger partial charge in [-0.3, -0.25) is 4.99 Å². The Balaban J connectivity index is 1.66. The minimum absolute atomic E-state index is 0.140. The maximum Gasteiger partial charge on any atom is 0.191 e. The highest BCUT2D eigenvalue weighted by Gasteiger charge is 2.24. The van der Waals surface area contributed by atoms with Gasteiger partial charge in [-0.15, -0.1) is 0 Å². The maximum atomic E-state index is 13.7. The summed E-state index contributed by atoms with van der Waals surface area (Å²) in [6.07, 6.45) is 2.48. The second-order valence-corrected chi connectivity index (χ2v) is 5.21. The fourth-order valence-electron chi connectivity index (χ4n) is 2.24. The molecule has 1 fully saturated rings. The van der Waals surface area contributed by atoms with Crippen molar-refractivity contribution >= 4 is 5.96 Å². The third-order valence-electron chi connectivity index (χ3n) is 3.47. The highest BCUT2D eigenvalue weighted by Crippen LogP contribution is 2.40. The van der Waals surface area contributed by atoms with Crippen LogP contribution in [0.1, 0.15) is 36.8 Å². The van der Waals surface area contributed by atoms with Crippen LogP contribution in [0.15, 0.2) is 23.2 Å². The Morgan fingerprint density at radius 3 is 2.94 bits per heavy atom. The van der Waals surface area contributed by atoms with E-state index in [9.17, 15) is 4.39 Å². The molecule has 18 heavy (non-hydrogen) atoms. The number of halogens is 1. The number of hydrogen-bond acceptors (Lipinski definition) is 3. The lowest BCUT2D eigenvalue weighted by Gasteiger charge is -2.10. The smallest absolute Gasteiger partial charge is 0.191 e. The van der Waals surface area contributed by atoms with Gasteiger partial charge in [0.2, 0.25) is 0 Å². The molecule has 1 aromatic carbocycles. The van der Waals surface area contributed by atoms with E-state index in [1.807, 2.05) is 12.1 Å². The van der Waals surface area contributed by atoms with E-state index in [0.717, 1.165) is 18.1 Å². The van der Waals surface area contributed by atoms with Gasteiger partial charge in [-0.2, -0.15) is 0 Å². The molecule has 1 aliphatic carbocycles. The molecule has 1 unspecified atom stereocenters. The van der Waals surface area contributed by atoms with Crippen molar-refractivity contribution < 1.29 is 4.39 Å². The van der Waals surface area contributed by atoms with E-state index in [1.54, 1.807) is 6.07 Å². The Morgan fingerprint density at radius 2 is 2.28 bits per heavy atom. The van der Waals surface area contributed by atoms with E-state index >= 15 is 0 Å². The molecule has 4 heteroatoms. The van der Waals surface area contributed by atoms with Gasteiger partial charge in [0.25, 0.3) is 0 Å². The predicted octanol–water partition coefficient (Wildman–Crippen LogP) is 2.14. The van der Waals surface area contributed by atoms with E-state index in [1.165, 1.54) is 18.4 Å². The highest BCUT2D eigenvalue weighted by atomic mass is 19.1. The number of guanidine groups is 1. The molecule has 1 aromatic rings. The van der Waals surface area contributed by atoms with Crippen LogP contribution in [0.3, 0.4) is 0 Å². The first-order chi connectivity index (χ1) is 8.72. The van der Waals surface area contributed by atoms with Crippen LogP contribution in [0, 0.1) is 5.82 Å². The van der Waals surface area contributed by atoms with Crippen LogP contribution in [-0.2, 0) is 6.54 Å². The Bertz CT molecular complexity index is 480. The molecular formula is C14H18FN3. The van der Waals surface area contributed by atoms with E-state index in [2.05, 4.69) is 22.5 Å². The fourth-order valence-corrected chi connectivity index (χ4v) is 2.24. The normalized spacial score (nSPS) is 22.6. The quantitative estimate of drug-likeness (QED) is 0.858. The maximum absolute atomic E-state index is 13.7. The zero-order valence-corrected chi connectivity index (χ0v) is 10.5. The highest BCUT2D eigenvalue weighted by molar-refractivity contribution is 5.81. The first-order valence-electron chi connectivity index (χ1n) is 6.55. The van der Waals surface area contributed by atoms with Crippen LogP contribution in [0.25, 0.3) is 0 Å². The van der Waals surface area contributed by atoms with Crippen molar-refractivity contribution in [3.8, 4) is 0 Å². The summed E-state index contributed by atoms with van der Waals surface area (Å²) in [5.41, 5.74) is 1.99. The number of rotatable bonds is 3. The second-order valence-electron chi connectivity index (χ2n) is 5.21. The Labute approximate surface area is 106 Å². The molecule has 1 saturated carbocycles. The van der Waals surface area contributed by atoms with Crippen LogP contribution in [-0.4, -0.2) is 18.5 Å². The molecule has 1 atom stereocenters. The van der Waals surface area contributed by atoms with Crippen LogP contribution in [0.5, 0.6) is 0 Å². The van der Waals surface area contributed by atoms with Crippen LogP contribution < -0.4 is 10.6 Å². The molecule has 2 aliphatic rings. The molecule has 1 heterocycles. The van der Waals surface area contributed by atoms with Crippen molar-refractivity contribution in [1.82, 2.24) is 10.6 Å². The molecule has 2 N–H and O–H groups in total. The standard InChI is InChI=1S/C14H18FN3/c1-9-7-16-14(18-9)17-8-12-6-11(10-2-3-10)4-5-13(12)15/h4-6,9-10H,2-3,7-8H2,1H3,(H2,16,17,18). The van der Waals surface area contributed by atoms with Gasteiger partial charge in [0.15, 0.2) is 5.96 Å². The third-order valence-corrected chi connectivity index (χ3v) is 3.47. The summed E-state index contributed by atoms with van der Waals surface area (Å²) >= 11 is 0. The van der Waals surface area contributed by atoms with Gasteiger partial charge in [0.1, 0.15) is 5.82 Å². The van der Waals surface area contributed by atoms with Crippen molar-refractivity contribution in [2.24, 2.45) is 4.99 Å². The largest absolute Gasteiger partial charge is 0.352 e. The predicted molar refractivity (Wildman–Crippen MR) is 70.1 cm³/mol. The average molecular weight is 247 g/mol. The van der Waals surface area contributed by atoms with Crippen LogP contribution in [0.2, 0.25) is 0 Å². The Morgan fingerprint density at radius 1 is 1.44 bits per heavy atom. The van der Waals surface area contributed by atoms with E-state index in [0.29, 0.717) is 18.5 Å². The van der Waals surface area contributed by atoms with Gasteiger partial charge >= 0.3 is 0 Å². The molecule has 0 saturated heterocycles. The van der Waals surface area contributed by atoms with Crippen LogP contribution in [0.4, 0.5) is 4.39 Å². The Kier molecular flexibility index (Phi) is 2.94. The van der Waals surface area contributed by atoms with Gasteiger partial charge in [-0.1, -0.05) is 12.1 Å². The number of nitrogens with zero attached hydrogens (tertiary/aromatic N) is 1. The summed E-state index contributed by atoms with van der Waals surface area (Å²) in [7, 11) is 0. The van der Waals surface area contributed by atoms with Crippen molar-refractivity contribution in [2.75, 3.05) is 6.54 Å². The zero-order valence-electron chi connectivity index (χ0n) is 10.5. The summed E-state index contributed by atoms with van der Waals surface area (Å²) in [5.74, 6) is 1.29. The number of benzene rings is 1. The lowest BCUT2D eigenvalue weighted by Crippen LogP contribution is -2.37. The van der Waals surface area contributed by atoms with E-state index < -0.39 is 0 Å². The first kappa shape index (κ1) is 11.5. The van der Waals surface area contributed by atoms with Crippen molar-refractivity contribution in [2.45, 2.75) is 38.3 Å². The van der Waals surface area contributed by atoms with Crippen LogP contribution >= 0.6 is 0 Å². The topological polar surface area (TPSA) is 36.4 Å². The number of hydrogen-bond donors (Lipinski definition) is 2. The first-order valence-corrected chi connectivity index (χ1v) is 6.55. The molecule has 3 nitrogen and oxygen atoms in total. The monoisotopic (exact) mass is 247 g/mol.